The van der Waals surface area contributed by atoms with Crippen LogP contribution in [0.3, 0.4) is 0 Å². The molecule has 7 nitrogen and oxygen atoms in total. The zero-order valence-corrected chi connectivity index (χ0v) is 11.0. The lowest BCUT2D eigenvalue weighted by molar-refractivity contribution is -0.385. The molecule has 1 aromatic rings. The van der Waals surface area contributed by atoms with E-state index >= 15 is 0 Å². The number of nitrogens with two attached hydrogens (primary N) is 1. The zero-order chi connectivity index (χ0) is 14.4. The first-order valence-corrected chi connectivity index (χ1v) is 6.10. The predicted molar refractivity (Wildman–Crippen MR) is 71.7 cm³/mol. The minimum Gasteiger partial charge on any atom is -0.384 e. The normalized spacial score (nSPS) is 10.5. The Hall–Kier alpha value is -2.18. The Bertz CT molecular complexity index is 474. The van der Waals surface area contributed by atoms with E-state index in [1.165, 1.54) is 6.07 Å². The van der Waals surface area contributed by atoms with Crippen LogP contribution >= 0.6 is 0 Å². The van der Waals surface area contributed by atoms with Crippen molar-refractivity contribution in [2.75, 3.05) is 12.3 Å². The van der Waals surface area contributed by atoms with Crippen LogP contribution in [0.4, 0.5) is 11.5 Å². The summed E-state index contributed by atoms with van der Waals surface area (Å²) < 4.78 is 0. The Morgan fingerprint density at radius 1 is 1.58 bits per heavy atom. The number of pyridine rings is 1. The van der Waals surface area contributed by atoms with E-state index < -0.39 is 10.8 Å². The standard InChI is InChI=1S/C12H18N4O3/c1-8(2)4-3-5-14-12(17)9-6-11(13)15-7-10(9)16(18)19/h6-8H,3-5H2,1-2H3,(H2,13,15)(H,14,17). The maximum atomic E-state index is 11.9. The second-order valence-electron chi connectivity index (χ2n) is 4.68. The van der Waals surface area contributed by atoms with Crippen LogP contribution in [0.1, 0.15) is 37.0 Å². The van der Waals surface area contributed by atoms with Gasteiger partial charge in [-0.05, 0) is 24.8 Å². The van der Waals surface area contributed by atoms with Crippen molar-refractivity contribution in [3.63, 3.8) is 0 Å². The van der Waals surface area contributed by atoms with E-state index in [4.69, 9.17) is 5.73 Å². The number of carbonyl (C=O) groups is 1. The number of hydrogen-bond acceptors (Lipinski definition) is 5. The summed E-state index contributed by atoms with van der Waals surface area (Å²) in [6.45, 7) is 4.67. The Labute approximate surface area is 111 Å². The fourth-order valence-electron chi connectivity index (χ4n) is 1.60. The first-order chi connectivity index (χ1) is 8.91. The summed E-state index contributed by atoms with van der Waals surface area (Å²) in [5.74, 6) is 0.144. The van der Waals surface area contributed by atoms with Gasteiger partial charge in [0.1, 0.15) is 17.6 Å². The number of nitrogen functional groups attached to an aromatic ring is 1. The fraction of sp³-hybridized carbons (Fsp3) is 0.500. The molecule has 0 aliphatic rings. The maximum absolute atomic E-state index is 11.9. The Kier molecular flexibility index (Phi) is 5.23. The molecule has 0 atom stereocenters. The van der Waals surface area contributed by atoms with E-state index in [2.05, 4.69) is 24.1 Å². The minimum atomic E-state index is -0.643. The molecular weight excluding hydrogens is 248 g/mol. The highest BCUT2D eigenvalue weighted by Crippen LogP contribution is 2.18. The fourth-order valence-corrected chi connectivity index (χ4v) is 1.60. The summed E-state index contributed by atoms with van der Waals surface area (Å²) in [6, 6.07) is 1.22. The van der Waals surface area contributed by atoms with Crippen LogP contribution in [-0.2, 0) is 0 Å². The van der Waals surface area contributed by atoms with Crippen molar-refractivity contribution in [3.8, 4) is 0 Å². The summed E-state index contributed by atoms with van der Waals surface area (Å²) in [5, 5.41) is 13.5. The van der Waals surface area contributed by atoms with Gasteiger partial charge in [-0.25, -0.2) is 4.98 Å². The molecule has 1 rings (SSSR count). The van der Waals surface area contributed by atoms with Gasteiger partial charge in [-0.1, -0.05) is 13.8 Å². The first kappa shape index (κ1) is 14.9. The number of anilines is 1. The van der Waals surface area contributed by atoms with Gasteiger partial charge in [-0.3, -0.25) is 14.9 Å². The number of hydrogen-bond donors (Lipinski definition) is 2. The van der Waals surface area contributed by atoms with Gasteiger partial charge in [-0.15, -0.1) is 0 Å². The summed E-state index contributed by atoms with van der Waals surface area (Å²) in [4.78, 5) is 25.6. The maximum Gasteiger partial charge on any atom is 0.300 e. The molecule has 0 radical (unpaired) electrons. The van der Waals surface area contributed by atoms with Gasteiger partial charge in [0.05, 0.1) is 4.92 Å². The topological polar surface area (TPSA) is 111 Å². The number of amides is 1. The highest BCUT2D eigenvalue weighted by atomic mass is 16.6. The predicted octanol–water partition coefficient (Wildman–Crippen LogP) is 1.74. The first-order valence-electron chi connectivity index (χ1n) is 6.10. The monoisotopic (exact) mass is 266 g/mol. The van der Waals surface area contributed by atoms with Gasteiger partial charge < -0.3 is 11.1 Å². The lowest BCUT2D eigenvalue weighted by Crippen LogP contribution is -2.25. The number of nitrogens with one attached hydrogen (secondary N) is 1. The van der Waals surface area contributed by atoms with E-state index in [1.807, 2.05) is 0 Å². The van der Waals surface area contributed by atoms with E-state index in [1.54, 1.807) is 0 Å². The molecule has 0 saturated heterocycles. The molecule has 7 heteroatoms. The van der Waals surface area contributed by atoms with Crippen LogP contribution in [0.5, 0.6) is 0 Å². The Morgan fingerprint density at radius 3 is 2.84 bits per heavy atom. The van der Waals surface area contributed by atoms with Crippen LogP contribution in [0, 0.1) is 16.0 Å². The Morgan fingerprint density at radius 2 is 2.26 bits per heavy atom. The van der Waals surface area contributed by atoms with Gasteiger partial charge >= 0.3 is 0 Å². The van der Waals surface area contributed by atoms with Crippen molar-refractivity contribution in [2.24, 2.45) is 5.92 Å². The molecule has 3 N–H and O–H groups in total. The van der Waals surface area contributed by atoms with Gasteiger partial charge in [0, 0.05) is 6.54 Å². The van der Waals surface area contributed by atoms with Gasteiger partial charge in [0.15, 0.2) is 0 Å². The molecule has 0 aliphatic heterocycles. The van der Waals surface area contributed by atoms with Crippen molar-refractivity contribution in [1.29, 1.82) is 0 Å². The third-order valence-corrected chi connectivity index (χ3v) is 2.59. The summed E-state index contributed by atoms with van der Waals surface area (Å²) in [7, 11) is 0. The lowest BCUT2D eigenvalue weighted by Gasteiger charge is -2.07. The second kappa shape index (κ2) is 6.67. The third-order valence-electron chi connectivity index (χ3n) is 2.59. The molecule has 0 aliphatic carbocycles. The minimum absolute atomic E-state index is 0.0537. The van der Waals surface area contributed by atoms with Crippen molar-refractivity contribution in [3.05, 3.63) is 27.9 Å². The molecule has 0 bridgehead atoms. The molecule has 0 aromatic carbocycles. The molecule has 1 aromatic heterocycles. The number of aromatic nitrogens is 1. The average molecular weight is 266 g/mol. The molecule has 1 heterocycles. The molecule has 1 amide bonds. The zero-order valence-electron chi connectivity index (χ0n) is 11.0. The molecule has 0 fully saturated rings. The van der Waals surface area contributed by atoms with Crippen LogP contribution < -0.4 is 11.1 Å². The third kappa shape index (κ3) is 4.53. The van der Waals surface area contributed by atoms with E-state index in [9.17, 15) is 14.9 Å². The van der Waals surface area contributed by atoms with E-state index in [-0.39, 0.29) is 17.1 Å². The van der Waals surface area contributed by atoms with Crippen molar-refractivity contribution in [1.82, 2.24) is 10.3 Å². The van der Waals surface area contributed by atoms with Gasteiger partial charge in [0.25, 0.3) is 11.6 Å². The summed E-state index contributed by atoms with van der Waals surface area (Å²) in [5.41, 5.74) is 5.06. The molecule has 19 heavy (non-hydrogen) atoms. The molecule has 0 spiro atoms. The summed E-state index contributed by atoms with van der Waals surface area (Å²) in [6.07, 6.45) is 2.82. The highest BCUT2D eigenvalue weighted by molar-refractivity contribution is 5.98. The molecular formula is C12H18N4O3. The number of rotatable bonds is 6. The number of nitrogens with zero attached hydrogens (tertiary/aromatic N) is 2. The van der Waals surface area contributed by atoms with Gasteiger partial charge in [0.2, 0.25) is 0 Å². The van der Waals surface area contributed by atoms with E-state index in [0.29, 0.717) is 12.5 Å². The molecule has 104 valence electrons. The average Bonchev–Trinajstić information content (AvgIpc) is 2.33. The quantitative estimate of drug-likeness (QED) is 0.462. The number of nitro groups is 1. The highest BCUT2D eigenvalue weighted by Gasteiger charge is 2.20. The largest absolute Gasteiger partial charge is 0.384 e. The van der Waals surface area contributed by atoms with Crippen molar-refractivity contribution < 1.29 is 9.72 Å². The van der Waals surface area contributed by atoms with Crippen molar-refractivity contribution in [2.45, 2.75) is 26.7 Å². The van der Waals surface area contributed by atoms with Gasteiger partial charge in [-0.2, -0.15) is 0 Å². The Balaban J connectivity index is 2.70. The SMILES string of the molecule is CC(C)CCCNC(=O)c1cc(N)ncc1[N+](=O)[O-]. The smallest absolute Gasteiger partial charge is 0.300 e. The second-order valence-corrected chi connectivity index (χ2v) is 4.68. The van der Waals surface area contributed by atoms with Crippen LogP contribution in [-0.4, -0.2) is 22.4 Å². The molecule has 0 saturated carbocycles. The molecule has 0 unspecified atom stereocenters. The van der Waals surface area contributed by atoms with Crippen LogP contribution in [0.2, 0.25) is 0 Å². The van der Waals surface area contributed by atoms with Crippen LogP contribution in [0.15, 0.2) is 12.3 Å². The van der Waals surface area contributed by atoms with Crippen LogP contribution in [0.25, 0.3) is 0 Å². The van der Waals surface area contributed by atoms with Crippen molar-refractivity contribution >= 4 is 17.4 Å². The summed E-state index contributed by atoms with van der Waals surface area (Å²) >= 11 is 0. The number of carbonyl (C=O) groups excluding carboxylic acids is 1. The lowest BCUT2D eigenvalue weighted by atomic mass is 10.1. The van der Waals surface area contributed by atoms with E-state index in [0.717, 1.165) is 19.0 Å².